The number of rotatable bonds is 15. The third kappa shape index (κ3) is 9.22. The van der Waals surface area contributed by atoms with E-state index in [9.17, 15) is 9.59 Å². The maximum atomic E-state index is 12.2. The Labute approximate surface area is 219 Å². The zero-order valence-corrected chi connectivity index (χ0v) is 21.8. The second-order valence-electron chi connectivity index (χ2n) is 8.88. The van der Waals surface area contributed by atoms with Crippen LogP contribution in [0, 0.1) is 0 Å². The van der Waals surface area contributed by atoms with Gasteiger partial charge in [0, 0.05) is 23.7 Å². The molecule has 0 aliphatic carbocycles. The monoisotopic (exact) mass is 503 g/mol. The highest BCUT2D eigenvalue weighted by atomic mass is 16.5. The van der Waals surface area contributed by atoms with Crippen LogP contribution in [0.1, 0.15) is 63.9 Å². The topological polar surface area (TPSA) is 97.6 Å². The fourth-order valence-electron chi connectivity index (χ4n) is 3.89. The van der Waals surface area contributed by atoms with Crippen LogP contribution in [0.3, 0.4) is 0 Å². The van der Waals surface area contributed by atoms with E-state index in [1.807, 2.05) is 60.8 Å². The van der Waals surface area contributed by atoms with E-state index in [0.717, 1.165) is 41.8 Å². The summed E-state index contributed by atoms with van der Waals surface area (Å²) in [6.07, 6.45) is 11.9. The van der Waals surface area contributed by atoms with Crippen molar-refractivity contribution in [3.05, 3.63) is 66.4 Å². The number of methoxy groups -OCH3 is 1. The lowest BCUT2D eigenvalue weighted by Gasteiger charge is -2.04. The van der Waals surface area contributed by atoms with Crippen LogP contribution in [0.5, 0.6) is 5.75 Å². The van der Waals surface area contributed by atoms with Gasteiger partial charge in [0.25, 0.3) is 5.91 Å². The summed E-state index contributed by atoms with van der Waals surface area (Å²) in [7, 11) is 1.62. The average Bonchev–Trinajstić information content (AvgIpc) is 3.36. The van der Waals surface area contributed by atoms with E-state index in [1.54, 1.807) is 18.0 Å². The highest BCUT2D eigenvalue weighted by Crippen LogP contribution is 2.25. The molecule has 8 nitrogen and oxygen atoms in total. The van der Waals surface area contributed by atoms with Crippen molar-refractivity contribution in [1.82, 2.24) is 20.5 Å². The van der Waals surface area contributed by atoms with E-state index in [4.69, 9.17) is 9.84 Å². The molecule has 196 valence electrons. The lowest BCUT2D eigenvalue weighted by molar-refractivity contribution is -0.126. The normalized spacial score (nSPS) is 11.0. The van der Waals surface area contributed by atoms with Crippen molar-refractivity contribution in [2.24, 2.45) is 5.10 Å². The van der Waals surface area contributed by atoms with Gasteiger partial charge in [0.1, 0.15) is 11.4 Å². The van der Waals surface area contributed by atoms with Crippen LogP contribution in [0.15, 0.2) is 65.9 Å². The molecular formula is C29H37N5O3. The average molecular weight is 504 g/mol. The van der Waals surface area contributed by atoms with Crippen molar-refractivity contribution < 1.29 is 14.3 Å². The van der Waals surface area contributed by atoms with Gasteiger partial charge >= 0.3 is 0 Å². The van der Waals surface area contributed by atoms with Crippen LogP contribution in [-0.4, -0.2) is 41.5 Å². The molecule has 0 aliphatic heterocycles. The molecule has 0 atom stereocenters. The first-order chi connectivity index (χ1) is 18.1. The number of para-hydroxylation sites is 1. The SMILES string of the molecule is CCCCCCCCCC(=O)NCC(=O)N/N=C/c1cn(-c2ccccc2)nc1-c1ccc(OC)cc1. The lowest BCUT2D eigenvalue weighted by Crippen LogP contribution is -2.34. The molecule has 8 heteroatoms. The van der Waals surface area contributed by atoms with Gasteiger partial charge in [0.2, 0.25) is 5.91 Å². The van der Waals surface area contributed by atoms with Crippen LogP contribution in [-0.2, 0) is 9.59 Å². The van der Waals surface area contributed by atoms with Gasteiger partial charge in [-0.1, -0.05) is 63.6 Å². The van der Waals surface area contributed by atoms with Gasteiger partial charge in [-0.15, -0.1) is 0 Å². The Morgan fingerprint density at radius 1 is 0.946 bits per heavy atom. The quantitative estimate of drug-likeness (QED) is 0.168. The molecule has 0 saturated carbocycles. The van der Waals surface area contributed by atoms with Gasteiger partial charge in [0.15, 0.2) is 0 Å². The number of nitrogens with zero attached hydrogens (tertiary/aromatic N) is 3. The first-order valence-electron chi connectivity index (χ1n) is 13.0. The minimum absolute atomic E-state index is 0.110. The van der Waals surface area contributed by atoms with E-state index in [1.165, 1.54) is 25.7 Å². The molecule has 0 spiro atoms. The fourth-order valence-corrected chi connectivity index (χ4v) is 3.89. The summed E-state index contributed by atoms with van der Waals surface area (Å²) in [5, 5.41) is 11.5. The highest BCUT2D eigenvalue weighted by molar-refractivity contribution is 5.90. The predicted octanol–water partition coefficient (Wildman–Crippen LogP) is 5.25. The number of hydrazone groups is 1. The summed E-state index contributed by atoms with van der Waals surface area (Å²) in [5.74, 6) is 0.256. The van der Waals surface area contributed by atoms with E-state index in [2.05, 4.69) is 22.8 Å². The number of ether oxygens (including phenoxy) is 1. The highest BCUT2D eigenvalue weighted by Gasteiger charge is 2.12. The number of hydrogen-bond donors (Lipinski definition) is 2. The molecule has 0 radical (unpaired) electrons. The van der Waals surface area contributed by atoms with Crippen LogP contribution in [0.2, 0.25) is 0 Å². The summed E-state index contributed by atoms with van der Waals surface area (Å²) < 4.78 is 7.03. The van der Waals surface area contributed by atoms with Crippen molar-refractivity contribution in [3.63, 3.8) is 0 Å². The van der Waals surface area contributed by atoms with Gasteiger partial charge in [-0.05, 0) is 42.8 Å². The third-order valence-electron chi connectivity index (χ3n) is 5.97. The van der Waals surface area contributed by atoms with Crippen molar-refractivity contribution in [1.29, 1.82) is 0 Å². The zero-order valence-electron chi connectivity index (χ0n) is 21.8. The molecule has 2 amide bonds. The number of carbonyl (C=O) groups excluding carboxylic acids is 2. The first-order valence-corrected chi connectivity index (χ1v) is 13.0. The van der Waals surface area contributed by atoms with Crippen LogP contribution in [0.25, 0.3) is 16.9 Å². The summed E-state index contributed by atoms with van der Waals surface area (Å²) in [5.41, 5.74) is 5.73. The predicted molar refractivity (Wildman–Crippen MR) is 147 cm³/mol. The fraction of sp³-hybridized carbons (Fsp3) is 0.379. The summed E-state index contributed by atoms with van der Waals surface area (Å²) in [6, 6.07) is 17.3. The minimum atomic E-state index is -0.384. The second-order valence-corrected chi connectivity index (χ2v) is 8.88. The molecule has 2 N–H and O–H groups in total. The Morgan fingerprint density at radius 3 is 2.35 bits per heavy atom. The third-order valence-corrected chi connectivity index (χ3v) is 5.97. The Morgan fingerprint density at radius 2 is 1.65 bits per heavy atom. The lowest BCUT2D eigenvalue weighted by atomic mass is 10.1. The van der Waals surface area contributed by atoms with E-state index in [-0.39, 0.29) is 18.4 Å². The van der Waals surface area contributed by atoms with Crippen molar-refractivity contribution >= 4 is 18.0 Å². The van der Waals surface area contributed by atoms with Crippen molar-refractivity contribution in [3.8, 4) is 22.7 Å². The largest absolute Gasteiger partial charge is 0.497 e. The molecule has 1 aromatic heterocycles. The Bertz CT molecular complexity index is 1140. The molecule has 37 heavy (non-hydrogen) atoms. The molecule has 1 heterocycles. The number of nitrogens with one attached hydrogen (secondary N) is 2. The Hall–Kier alpha value is -3.94. The standard InChI is InChI=1S/C29H37N5O3/c1-3-4-5-6-7-8-12-15-27(35)30-21-28(36)32-31-20-24-22-34(25-13-10-9-11-14-25)33-29(24)23-16-18-26(37-2)19-17-23/h9-11,13-14,16-20,22H,3-8,12,15,21H2,1-2H3,(H,30,35)(H,32,36)/b31-20+. The maximum absolute atomic E-state index is 12.2. The van der Waals surface area contributed by atoms with Gasteiger partial charge in [-0.3, -0.25) is 9.59 Å². The summed E-state index contributed by atoms with van der Waals surface area (Å²) >= 11 is 0. The van der Waals surface area contributed by atoms with E-state index in [0.29, 0.717) is 12.1 Å². The molecule has 0 aliphatic rings. The molecule has 3 aromatic rings. The minimum Gasteiger partial charge on any atom is -0.497 e. The molecular weight excluding hydrogens is 466 g/mol. The molecule has 0 fully saturated rings. The van der Waals surface area contributed by atoms with Gasteiger partial charge in [-0.2, -0.15) is 10.2 Å². The number of aromatic nitrogens is 2. The molecule has 0 unspecified atom stereocenters. The number of amides is 2. The zero-order chi connectivity index (χ0) is 26.3. The van der Waals surface area contributed by atoms with Crippen molar-refractivity contribution in [2.45, 2.75) is 58.3 Å². The molecule has 2 aromatic carbocycles. The number of benzene rings is 2. The Kier molecular flexibility index (Phi) is 11.4. The smallest absolute Gasteiger partial charge is 0.259 e. The number of carbonyl (C=O) groups is 2. The van der Waals surface area contributed by atoms with E-state index >= 15 is 0 Å². The van der Waals surface area contributed by atoms with E-state index < -0.39 is 0 Å². The van der Waals surface area contributed by atoms with Crippen LogP contribution >= 0.6 is 0 Å². The molecule has 0 saturated heterocycles. The van der Waals surface area contributed by atoms with Crippen molar-refractivity contribution in [2.75, 3.05) is 13.7 Å². The second kappa shape index (κ2) is 15.2. The molecule has 3 rings (SSSR count). The maximum Gasteiger partial charge on any atom is 0.259 e. The molecule has 0 bridgehead atoms. The number of hydrogen-bond acceptors (Lipinski definition) is 5. The van der Waals surface area contributed by atoms with Crippen LogP contribution < -0.4 is 15.5 Å². The van der Waals surface area contributed by atoms with Gasteiger partial charge in [-0.25, -0.2) is 10.1 Å². The Balaban J connectivity index is 1.53. The van der Waals surface area contributed by atoms with Crippen LogP contribution in [0.4, 0.5) is 0 Å². The van der Waals surface area contributed by atoms with Gasteiger partial charge < -0.3 is 10.1 Å². The number of unbranched alkanes of at least 4 members (excludes halogenated alkanes) is 6. The summed E-state index contributed by atoms with van der Waals surface area (Å²) in [4.78, 5) is 24.2. The van der Waals surface area contributed by atoms with Gasteiger partial charge in [0.05, 0.1) is 25.6 Å². The summed E-state index contributed by atoms with van der Waals surface area (Å²) in [6.45, 7) is 2.09. The first kappa shape index (κ1) is 27.6.